The summed E-state index contributed by atoms with van der Waals surface area (Å²) in [4.78, 5) is 21.7. The van der Waals surface area contributed by atoms with Crippen LogP contribution in [-0.4, -0.2) is 41.5 Å². The van der Waals surface area contributed by atoms with Gasteiger partial charge < -0.3 is 10.2 Å². The molecule has 2 atom stereocenters. The summed E-state index contributed by atoms with van der Waals surface area (Å²) in [6.07, 6.45) is -0.924. The highest BCUT2D eigenvalue weighted by molar-refractivity contribution is 5.82. The molecule has 3 aromatic rings. The maximum atomic E-state index is 13.4. The van der Waals surface area contributed by atoms with Gasteiger partial charge in [-0.1, -0.05) is 12.1 Å². The molecule has 1 aromatic heterocycles. The Kier molecular flexibility index (Phi) is 6.66. The van der Waals surface area contributed by atoms with Gasteiger partial charge in [-0.3, -0.25) is 14.7 Å². The number of fused-ring (bicyclic) bond motifs is 3. The molecule has 0 spiro atoms. The Bertz CT molecular complexity index is 1220. The van der Waals surface area contributed by atoms with E-state index in [-0.39, 0.29) is 24.2 Å². The molecule has 2 aromatic carbocycles. The van der Waals surface area contributed by atoms with E-state index in [1.165, 1.54) is 24.3 Å². The molecule has 0 radical (unpaired) electrons. The highest BCUT2D eigenvalue weighted by Crippen LogP contribution is 2.40. The lowest BCUT2D eigenvalue weighted by molar-refractivity contribution is -0.137. The third-order valence-corrected chi connectivity index (χ3v) is 7.00. The van der Waals surface area contributed by atoms with Crippen molar-refractivity contribution in [2.75, 3.05) is 24.5 Å². The van der Waals surface area contributed by atoms with Gasteiger partial charge in [0.25, 0.3) is 0 Å². The average Bonchev–Trinajstić information content (AvgIpc) is 2.88. The first-order chi connectivity index (χ1) is 17.3. The molecule has 2 aliphatic heterocycles. The molecule has 2 aliphatic rings. The highest BCUT2D eigenvalue weighted by Gasteiger charge is 2.42. The Morgan fingerprint density at radius 1 is 1.00 bits per heavy atom. The number of carbonyl (C=O) groups excluding carboxylic acids is 1. The first kappa shape index (κ1) is 24.2. The van der Waals surface area contributed by atoms with E-state index < -0.39 is 17.7 Å². The van der Waals surface area contributed by atoms with Gasteiger partial charge in [0, 0.05) is 50.8 Å². The third kappa shape index (κ3) is 5.21. The van der Waals surface area contributed by atoms with Crippen LogP contribution in [0.25, 0.3) is 0 Å². The van der Waals surface area contributed by atoms with Crippen molar-refractivity contribution < 1.29 is 22.4 Å². The Morgan fingerprint density at radius 3 is 2.47 bits per heavy atom. The molecule has 1 saturated heterocycles. The second kappa shape index (κ2) is 9.89. The van der Waals surface area contributed by atoms with Crippen LogP contribution in [0, 0.1) is 11.7 Å². The van der Waals surface area contributed by atoms with Crippen LogP contribution >= 0.6 is 0 Å². The van der Waals surface area contributed by atoms with Gasteiger partial charge >= 0.3 is 6.18 Å². The maximum absolute atomic E-state index is 13.4. The van der Waals surface area contributed by atoms with Crippen LogP contribution in [-0.2, 0) is 30.5 Å². The van der Waals surface area contributed by atoms with Crippen LogP contribution < -0.4 is 10.2 Å². The van der Waals surface area contributed by atoms with E-state index in [0.29, 0.717) is 38.3 Å². The SMILES string of the molecule is O=C(NCc1ccncc1)[C@H]1Cc2cc(C(F)(F)F)ccc2N2CCN(Cc3ccc(F)cc3)C[C@H]12. The van der Waals surface area contributed by atoms with Crippen molar-refractivity contribution in [2.24, 2.45) is 5.92 Å². The van der Waals surface area contributed by atoms with Crippen LogP contribution in [0.1, 0.15) is 22.3 Å². The zero-order valence-corrected chi connectivity index (χ0v) is 19.5. The van der Waals surface area contributed by atoms with E-state index in [4.69, 9.17) is 0 Å². The highest BCUT2D eigenvalue weighted by atomic mass is 19.4. The summed E-state index contributed by atoms with van der Waals surface area (Å²) in [5, 5.41) is 2.97. The predicted molar refractivity (Wildman–Crippen MR) is 128 cm³/mol. The summed E-state index contributed by atoms with van der Waals surface area (Å²) < 4.78 is 53.6. The van der Waals surface area contributed by atoms with Gasteiger partial charge in [0.1, 0.15) is 5.82 Å². The number of halogens is 4. The molecule has 1 N–H and O–H groups in total. The number of hydrogen-bond acceptors (Lipinski definition) is 4. The van der Waals surface area contributed by atoms with Crippen molar-refractivity contribution in [1.82, 2.24) is 15.2 Å². The van der Waals surface area contributed by atoms with Crippen LogP contribution in [0.15, 0.2) is 67.0 Å². The number of anilines is 1. The molecule has 9 heteroatoms. The molecule has 36 heavy (non-hydrogen) atoms. The molecule has 1 amide bonds. The number of pyridine rings is 1. The number of benzene rings is 2. The summed E-state index contributed by atoms with van der Waals surface area (Å²) in [5.41, 5.74) is 2.46. The van der Waals surface area contributed by atoms with Gasteiger partial charge in [-0.2, -0.15) is 13.2 Å². The fraction of sp³-hybridized carbons (Fsp3) is 0.333. The number of alkyl halides is 3. The molecular formula is C27H26F4N4O. The maximum Gasteiger partial charge on any atom is 0.416 e. The van der Waals surface area contributed by atoms with Crippen LogP contribution in [0.3, 0.4) is 0 Å². The molecule has 0 bridgehead atoms. The number of hydrogen-bond donors (Lipinski definition) is 1. The minimum Gasteiger partial charge on any atom is -0.365 e. The van der Waals surface area contributed by atoms with E-state index in [1.807, 2.05) is 12.1 Å². The van der Waals surface area contributed by atoms with Gasteiger partial charge in [0.05, 0.1) is 17.5 Å². The van der Waals surface area contributed by atoms with Crippen molar-refractivity contribution >= 4 is 11.6 Å². The molecule has 0 saturated carbocycles. The topological polar surface area (TPSA) is 48.5 Å². The third-order valence-electron chi connectivity index (χ3n) is 7.00. The number of piperazine rings is 1. The first-order valence-electron chi connectivity index (χ1n) is 11.9. The second-order valence-corrected chi connectivity index (χ2v) is 9.35. The zero-order valence-electron chi connectivity index (χ0n) is 19.5. The smallest absolute Gasteiger partial charge is 0.365 e. The molecular weight excluding hydrogens is 472 g/mol. The van der Waals surface area contributed by atoms with E-state index in [9.17, 15) is 22.4 Å². The Labute approximate surface area is 206 Å². The minimum atomic E-state index is -4.45. The molecule has 5 rings (SSSR count). The van der Waals surface area contributed by atoms with Crippen molar-refractivity contribution in [3.63, 3.8) is 0 Å². The lowest BCUT2D eigenvalue weighted by Crippen LogP contribution is -2.60. The molecule has 188 valence electrons. The minimum absolute atomic E-state index is 0.187. The van der Waals surface area contributed by atoms with Crippen molar-refractivity contribution in [2.45, 2.75) is 31.7 Å². The monoisotopic (exact) mass is 498 g/mol. The van der Waals surface area contributed by atoms with Crippen LogP contribution in [0.5, 0.6) is 0 Å². The van der Waals surface area contributed by atoms with E-state index in [1.54, 1.807) is 24.5 Å². The van der Waals surface area contributed by atoms with Gasteiger partial charge in [0.2, 0.25) is 5.91 Å². The summed E-state index contributed by atoms with van der Waals surface area (Å²) in [6, 6.07) is 13.6. The van der Waals surface area contributed by atoms with Crippen molar-refractivity contribution in [1.29, 1.82) is 0 Å². The number of carbonyl (C=O) groups is 1. The molecule has 0 unspecified atom stereocenters. The summed E-state index contributed by atoms with van der Waals surface area (Å²) in [6.45, 7) is 2.76. The molecule has 1 fully saturated rings. The van der Waals surface area contributed by atoms with Gasteiger partial charge in [-0.05, 0) is 65.6 Å². The fourth-order valence-electron chi connectivity index (χ4n) is 5.17. The predicted octanol–water partition coefficient (Wildman–Crippen LogP) is 4.42. The van der Waals surface area contributed by atoms with Crippen LogP contribution in [0.4, 0.5) is 23.2 Å². The summed E-state index contributed by atoms with van der Waals surface area (Å²) >= 11 is 0. The largest absolute Gasteiger partial charge is 0.416 e. The standard InChI is InChI=1S/C27H26F4N4O/c28-22-4-1-19(2-5-22)16-34-11-12-35-24-6-3-21(27(29,30)31)13-20(24)14-23(25(35)17-34)26(36)33-15-18-7-9-32-10-8-18/h1-10,13,23,25H,11-12,14-17H2,(H,33,36)/t23-,25+/m0/s1. The fourth-order valence-corrected chi connectivity index (χ4v) is 5.17. The quantitative estimate of drug-likeness (QED) is 0.530. The van der Waals surface area contributed by atoms with E-state index in [2.05, 4.69) is 20.1 Å². The number of nitrogens with one attached hydrogen (secondary N) is 1. The Morgan fingerprint density at radius 2 is 1.75 bits per heavy atom. The summed E-state index contributed by atoms with van der Waals surface area (Å²) in [7, 11) is 0. The van der Waals surface area contributed by atoms with Crippen LogP contribution in [0.2, 0.25) is 0 Å². The lowest BCUT2D eigenvalue weighted by Gasteiger charge is -2.49. The first-order valence-corrected chi connectivity index (χ1v) is 11.9. The number of aromatic nitrogens is 1. The van der Waals surface area contributed by atoms with Gasteiger partial charge in [-0.25, -0.2) is 4.39 Å². The second-order valence-electron chi connectivity index (χ2n) is 9.35. The Hall–Kier alpha value is -3.46. The van der Waals surface area contributed by atoms with E-state index in [0.717, 1.165) is 22.9 Å². The summed E-state index contributed by atoms with van der Waals surface area (Å²) in [5.74, 6) is -0.996. The average molecular weight is 499 g/mol. The van der Waals surface area contributed by atoms with Crippen molar-refractivity contribution in [3.05, 3.63) is 95.1 Å². The molecule has 5 nitrogen and oxygen atoms in total. The van der Waals surface area contributed by atoms with E-state index >= 15 is 0 Å². The van der Waals surface area contributed by atoms with Crippen molar-refractivity contribution in [3.8, 4) is 0 Å². The normalized spacial score (nSPS) is 19.9. The number of amides is 1. The molecule has 3 heterocycles. The lowest BCUT2D eigenvalue weighted by atomic mass is 9.82. The van der Waals surface area contributed by atoms with Gasteiger partial charge in [0.15, 0.2) is 0 Å². The number of nitrogens with zero attached hydrogens (tertiary/aromatic N) is 3. The molecule has 0 aliphatic carbocycles. The number of rotatable bonds is 5. The zero-order chi connectivity index (χ0) is 25.3. The Balaban J connectivity index is 1.40. The van der Waals surface area contributed by atoms with Gasteiger partial charge in [-0.15, -0.1) is 0 Å².